The number of nitrogens with one attached hydrogen (secondary N) is 1. The fraction of sp³-hybridized carbons (Fsp3) is 0.105. The van der Waals surface area contributed by atoms with Gasteiger partial charge in [0.15, 0.2) is 5.13 Å². The number of nitrogens with zero attached hydrogens (tertiary/aromatic N) is 2. The zero-order chi connectivity index (χ0) is 19.1. The monoisotopic (exact) mass is 401 g/mol. The van der Waals surface area contributed by atoms with Gasteiger partial charge < -0.3 is 4.52 Å². The van der Waals surface area contributed by atoms with Gasteiger partial charge in [-0.2, -0.15) is 0 Å². The van der Waals surface area contributed by atoms with Crippen LogP contribution in [-0.2, 0) is 0 Å². The normalized spacial score (nSPS) is 11.1. The molecule has 0 atom stereocenters. The number of anilines is 1. The highest BCUT2D eigenvalue weighted by Gasteiger charge is 2.26. The highest BCUT2D eigenvalue weighted by Crippen LogP contribution is 2.34. The van der Waals surface area contributed by atoms with Crippen molar-refractivity contribution in [2.75, 3.05) is 5.32 Å². The molecule has 2 heterocycles. The van der Waals surface area contributed by atoms with Crippen LogP contribution in [0.3, 0.4) is 0 Å². The first kappa shape index (κ1) is 17.6. The zero-order valence-electron chi connectivity index (χ0n) is 14.3. The lowest BCUT2D eigenvalue weighted by molar-refractivity contribution is 0.102. The standard InChI is InChI=1S/C19H13ClFN3O2S/c1-9-6-7-13-14(8-9)27-19(22-13)23-18(25)15-10(2)26-24-17(15)16-11(20)4-3-5-12(16)21/h3-8H,1-2H3,(H,22,23,25). The van der Waals surface area contributed by atoms with Crippen LogP contribution in [0.5, 0.6) is 0 Å². The molecule has 0 radical (unpaired) electrons. The summed E-state index contributed by atoms with van der Waals surface area (Å²) in [5.41, 5.74) is 2.11. The minimum absolute atomic E-state index is 0.0288. The molecule has 0 saturated carbocycles. The van der Waals surface area contributed by atoms with Crippen molar-refractivity contribution in [2.24, 2.45) is 0 Å². The number of aryl methyl sites for hydroxylation is 2. The first-order valence-corrected chi connectivity index (χ1v) is 9.22. The van der Waals surface area contributed by atoms with E-state index in [9.17, 15) is 9.18 Å². The lowest BCUT2D eigenvalue weighted by Crippen LogP contribution is -2.13. The molecule has 0 spiro atoms. The van der Waals surface area contributed by atoms with Crippen LogP contribution >= 0.6 is 22.9 Å². The molecule has 1 amide bonds. The van der Waals surface area contributed by atoms with Crippen molar-refractivity contribution in [1.29, 1.82) is 0 Å². The minimum Gasteiger partial charge on any atom is -0.360 e. The third-order valence-corrected chi connectivity index (χ3v) is 5.30. The Kier molecular flexibility index (Phi) is 4.41. The number of hydrogen-bond donors (Lipinski definition) is 1. The predicted octanol–water partition coefficient (Wildman–Crippen LogP) is 5.61. The van der Waals surface area contributed by atoms with Gasteiger partial charge in [-0.1, -0.05) is 40.2 Å². The van der Waals surface area contributed by atoms with E-state index in [0.717, 1.165) is 15.8 Å². The van der Waals surface area contributed by atoms with Gasteiger partial charge in [-0.3, -0.25) is 10.1 Å². The quantitative estimate of drug-likeness (QED) is 0.484. The number of amides is 1. The Morgan fingerprint density at radius 1 is 1.26 bits per heavy atom. The van der Waals surface area contributed by atoms with Gasteiger partial charge in [0.25, 0.3) is 5.91 Å². The molecule has 2 aromatic carbocycles. The fourth-order valence-corrected chi connectivity index (χ4v) is 3.99. The Morgan fingerprint density at radius 3 is 2.85 bits per heavy atom. The van der Waals surface area contributed by atoms with Crippen molar-refractivity contribution in [3.8, 4) is 11.3 Å². The van der Waals surface area contributed by atoms with Crippen molar-refractivity contribution in [3.05, 3.63) is 64.1 Å². The molecule has 0 aliphatic rings. The minimum atomic E-state index is -0.583. The molecule has 5 nitrogen and oxygen atoms in total. The molecule has 4 aromatic rings. The van der Waals surface area contributed by atoms with Gasteiger partial charge in [-0.25, -0.2) is 9.37 Å². The Hall–Kier alpha value is -2.77. The van der Waals surface area contributed by atoms with Crippen molar-refractivity contribution in [2.45, 2.75) is 13.8 Å². The maximum Gasteiger partial charge on any atom is 0.263 e. The van der Waals surface area contributed by atoms with Gasteiger partial charge in [0.05, 0.1) is 20.8 Å². The van der Waals surface area contributed by atoms with E-state index >= 15 is 0 Å². The SMILES string of the molecule is Cc1ccc2nc(NC(=O)c3c(-c4c(F)cccc4Cl)noc3C)sc2c1. The van der Waals surface area contributed by atoms with E-state index in [1.165, 1.54) is 29.5 Å². The van der Waals surface area contributed by atoms with Gasteiger partial charge in [-0.05, 0) is 43.7 Å². The van der Waals surface area contributed by atoms with E-state index in [1.54, 1.807) is 6.92 Å². The second kappa shape index (κ2) is 6.75. The molecule has 0 bridgehead atoms. The number of halogens is 2. The summed E-state index contributed by atoms with van der Waals surface area (Å²) < 4.78 is 20.4. The lowest BCUT2D eigenvalue weighted by Gasteiger charge is -2.05. The second-order valence-electron chi connectivity index (χ2n) is 6.00. The summed E-state index contributed by atoms with van der Waals surface area (Å²) in [7, 11) is 0. The molecule has 27 heavy (non-hydrogen) atoms. The molecule has 4 rings (SSSR count). The van der Waals surface area contributed by atoms with Gasteiger partial charge >= 0.3 is 0 Å². The summed E-state index contributed by atoms with van der Waals surface area (Å²) in [6.45, 7) is 3.57. The molecule has 0 fully saturated rings. The van der Waals surface area contributed by atoms with Gasteiger partial charge in [-0.15, -0.1) is 0 Å². The second-order valence-corrected chi connectivity index (χ2v) is 7.44. The molecular weight excluding hydrogens is 389 g/mol. The van der Waals surface area contributed by atoms with E-state index in [-0.39, 0.29) is 27.6 Å². The summed E-state index contributed by atoms with van der Waals surface area (Å²) in [5, 5.41) is 7.18. The average Bonchev–Trinajstić information content (AvgIpc) is 3.17. The van der Waals surface area contributed by atoms with Crippen LogP contribution in [0.2, 0.25) is 5.02 Å². The van der Waals surface area contributed by atoms with Crippen molar-refractivity contribution in [3.63, 3.8) is 0 Å². The molecule has 0 saturated heterocycles. The van der Waals surface area contributed by atoms with Crippen molar-refractivity contribution >= 4 is 44.2 Å². The van der Waals surface area contributed by atoms with Crippen molar-refractivity contribution < 1.29 is 13.7 Å². The molecule has 1 N–H and O–H groups in total. The van der Waals surface area contributed by atoms with E-state index in [0.29, 0.717) is 5.13 Å². The van der Waals surface area contributed by atoms with E-state index in [2.05, 4.69) is 15.5 Å². The van der Waals surface area contributed by atoms with E-state index in [4.69, 9.17) is 16.1 Å². The predicted molar refractivity (Wildman–Crippen MR) is 104 cm³/mol. The summed E-state index contributed by atoms with van der Waals surface area (Å²) in [6.07, 6.45) is 0. The van der Waals surface area contributed by atoms with Gasteiger partial charge in [0, 0.05) is 0 Å². The smallest absolute Gasteiger partial charge is 0.263 e. The maximum absolute atomic E-state index is 14.3. The number of rotatable bonds is 3. The van der Waals surface area contributed by atoms with Crippen LogP contribution in [0, 0.1) is 19.7 Å². The summed E-state index contributed by atoms with van der Waals surface area (Å²) in [4.78, 5) is 17.3. The third-order valence-electron chi connectivity index (χ3n) is 4.05. The highest BCUT2D eigenvalue weighted by molar-refractivity contribution is 7.22. The fourth-order valence-electron chi connectivity index (χ4n) is 2.78. The summed E-state index contributed by atoms with van der Waals surface area (Å²) in [5.74, 6) is -0.807. The molecule has 136 valence electrons. The average molecular weight is 402 g/mol. The van der Waals surface area contributed by atoms with Crippen molar-refractivity contribution in [1.82, 2.24) is 10.1 Å². The number of carbonyl (C=O) groups excluding carboxylic acids is 1. The van der Waals surface area contributed by atoms with E-state index in [1.807, 2.05) is 25.1 Å². The van der Waals surface area contributed by atoms with Gasteiger partial charge in [0.1, 0.15) is 22.8 Å². The summed E-state index contributed by atoms with van der Waals surface area (Å²) >= 11 is 7.47. The van der Waals surface area contributed by atoms with Crippen LogP contribution in [0.4, 0.5) is 9.52 Å². The Morgan fingerprint density at radius 2 is 2.07 bits per heavy atom. The van der Waals surface area contributed by atoms with Crippen LogP contribution in [0.15, 0.2) is 40.9 Å². The third kappa shape index (κ3) is 3.20. The van der Waals surface area contributed by atoms with Crippen LogP contribution < -0.4 is 5.32 Å². The number of fused-ring (bicyclic) bond motifs is 1. The Balaban J connectivity index is 1.73. The number of benzene rings is 2. The topological polar surface area (TPSA) is 68.0 Å². The largest absolute Gasteiger partial charge is 0.360 e. The molecule has 0 aliphatic heterocycles. The number of carbonyl (C=O) groups is 1. The Bertz CT molecular complexity index is 1160. The number of hydrogen-bond acceptors (Lipinski definition) is 5. The molecule has 2 aromatic heterocycles. The molecule has 8 heteroatoms. The van der Waals surface area contributed by atoms with Crippen LogP contribution in [-0.4, -0.2) is 16.0 Å². The van der Waals surface area contributed by atoms with E-state index < -0.39 is 11.7 Å². The first-order chi connectivity index (χ1) is 12.9. The highest BCUT2D eigenvalue weighted by atomic mass is 35.5. The summed E-state index contributed by atoms with van der Waals surface area (Å²) in [6, 6.07) is 10.1. The Labute approximate surface area is 162 Å². The molecule has 0 aliphatic carbocycles. The van der Waals surface area contributed by atoms with Gasteiger partial charge in [0.2, 0.25) is 0 Å². The molecule has 0 unspecified atom stereocenters. The maximum atomic E-state index is 14.3. The van der Waals surface area contributed by atoms with Crippen LogP contribution in [0.25, 0.3) is 21.5 Å². The van der Waals surface area contributed by atoms with Crippen LogP contribution in [0.1, 0.15) is 21.7 Å². The molecular formula is C19H13ClFN3O2S. The number of thiazole rings is 1. The number of aromatic nitrogens is 2. The lowest BCUT2D eigenvalue weighted by atomic mass is 10.1. The zero-order valence-corrected chi connectivity index (χ0v) is 15.9. The first-order valence-electron chi connectivity index (χ1n) is 8.03.